The van der Waals surface area contributed by atoms with Gasteiger partial charge in [0.15, 0.2) is 0 Å². The van der Waals surface area contributed by atoms with Crippen molar-refractivity contribution < 1.29 is 9.59 Å². The molecule has 5 nitrogen and oxygen atoms in total. The van der Waals surface area contributed by atoms with Gasteiger partial charge in [-0.2, -0.15) is 0 Å². The van der Waals surface area contributed by atoms with Crippen LogP contribution in [0.1, 0.15) is 15.9 Å². The Morgan fingerprint density at radius 3 is 2.09 bits per heavy atom. The second-order valence-electron chi connectivity index (χ2n) is 5.02. The molecule has 0 radical (unpaired) electrons. The van der Waals surface area contributed by atoms with Crippen LogP contribution in [0.25, 0.3) is 0 Å². The number of anilines is 2. The Labute approximate surface area is 135 Å². The average Bonchev–Trinajstić information content (AvgIpc) is 2.55. The Morgan fingerprint density at radius 1 is 0.957 bits per heavy atom. The quantitative estimate of drug-likeness (QED) is 0.739. The Balaban J connectivity index is 1.94. The van der Waals surface area contributed by atoms with Gasteiger partial charge in [-0.3, -0.25) is 4.79 Å². The summed E-state index contributed by atoms with van der Waals surface area (Å²) >= 11 is 0. The van der Waals surface area contributed by atoms with Crippen LogP contribution in [0.2, 0.25) is 0 Å². The summed E-state index contributed by atoms with van der Waals surface area (Å²) in [5.41, 5.74) is 3.00. The molecule has 3 amide bonds. The van der Waals surface area contributed by atoms with Gasteiger partial charge in [-0.05, 0) is 43.3 Å². The van der Waals surface area contributed by atoms with Crippen molar-refractivity contribution in [2.24, 2.45) is 0 Å². The topological polar surface area (TPSA) is 70.2 Å². The first kappa shape index (κ1) is 16.3. The first-order chi connectivity index (χ1) is 11.1. The van der Waals surface area contributed by atoms with E-state index in [0.29, 0.717) is 23.5 Å². The van der Waals surface area contributed by atoms with Crippen LogP contribution in [-0.4, -0.2) is 18.5 Å². The number of aryl methyl sites for hydroxylation is 1. The van der Waals surface area contributed by atoms with Crippen molar-refractivity contribution in [3.8, 4) is 0 Å². The molecule has 0 aliphatic heterocycles. The van der Waals surface area contributed by atoms with Crippen molar-refractivity contribution >= 4 is 23.3 Å². The van der Waals surface area contributed by atoms with Crippen LogP contribution in [0, 0.1) is 6.92 Å². The van der Waals surface area contributed by atoms with Crippen LogP contribution in [0.5, 0.6) is 0 Å². The highest BCUT2D eigenvalue weighted by Gasteiger charge is 2.06. The summed E-state index contributed by atoms with van der Waals surface area (Å²) in [6.07, 6.45) is 1.60. The van der Waals surface area contributed by atoms with E-state index in [0.717, 1.165) is 5.56 Å². The van der Waals surface area contributed by atoms with E-state index < -0.39 is 0 Å². The number of amides is 3. The number of carbonyl (C=O) groups is 2. The van der Waals surface area contributed by atoms with Crippen molar-refractivity contribution in [1.82, 2.24) is 5.32 Å². The van der Waals surface area contributed by atoms with E-state index in [-0.39, 0.29) is 11.9 Å². The lowest BCUT2D eigenvalue weighted by Crippen LogP contribution is -2.28. The minimum Gasteiger partial charge on any atom is -0.334 e. The first-order valence-electron chi connectivity index (χ1n) is 7.22. The van der Waals surface area contributed by atoms with Crippen molar-refractivity contribution in [3.05, 3.63) is 72.3 Å². The Morgan fingerprint density at radius 2 is 1.52 bits per heavy atom. The SMILES string of the molecule is C=CCNC(=O)Nc1ccc(NC(=O)c2ccc(C)cc2)cc1. The summed E-state index contributed by atoms with van der Waals surface area (Å²) in [5.74, 6) is -0.172. The predicted molar refractivity (Wildman–Crippen MR) is 92.8 cm³/mol. The van der Waals surface area contributed by atoms with Gasteiger partial charge in [-0.1, -0.05) is 23.8 Å². The molecule has 2 rings (SSSR count). The zero-order valence-corrected chi connectivity index (χ0v) is 12.9. The van der Waals surface area contributed by atoms with Crippen LogP contribution in [-0.2, 0) is 0 Å². The molecule has 0 atom stereocenters. The van der Waals surface area contributed by atoms with Crippen molar-refractivity contribution in [3.63, 3.8) is 0 Å². The molecular formula is C18H19N3O2. The molecule has 5 heteroatoms. The molecule has 0 aliphatic carbocycles. The second-order valence-corrected chi connectivity index (χ2v) is 5.02. The Hall–Kier alpha value is -3.08. The summed E-state index contributed by atoms with van der Waals surface area (Å²) in [6.45, 7) is 5.90. The molecule has 0 aromatic heterocycles. The van der Waals surface area contributed by atoms with E-state index >= 15 is 0 Å². The lowest BCUT2D eigenvalue weighted by molar-refractivity contribution is 0.102. The third kappa shape index (κ3) is 5.00. The van der Waals surface area contributed by atoms with Crippen molar-refractivity contribution in [1.29, 1.82) is 0 Å². The molecule has 3 N–H and O–H groups in total. The number of benzene rings is 2. The maximum atomic E-state index is 12.1. The summed E-state index contributed by atoms with van der Waals surface area (Å²) in [6, 6.07) is 13.9. The highest BCUT2D eigenvalue weighted by atomic mass is 16.2. The molecule has 118 valence electrons. The largest absolute Gasteiger partial charge is 0.334 e. The fourth-order valence-corrected chi connectivity index (χ4v) is 1.89. The molecule has 0 fully saturated rings. The lowest BCUT2D eigenvalue weighted by Gasteiger charge is -2.08. The number of rotatable bonds is 5. The summed E-state index contributed by atoms with van der Waals surface area (Å²) in [5, 5.41) is 8.11. The molecule has 0 saturated carbocycles. The van der Waals surface area contributed by atoms with Crippen molar-refractivity contribution in [2.75, 3.05) is 17.2 Å². The van der Waals surface area contributed by atoms with Gasteiger partial charge in [-0.25, -0.2) is 4.79 Å². The molecule has 23 heavy (non-hydrogen) atoms. The summed E-state index contributed by atoms with van der Waals surface area (Å²) in [7, 11) is 0. The molecule has 0 heterocycles. The highest BCUT2D eigenvalue weighted by Crippen LogP contribution is 2.15. The molecule has 0 bridgehead atoms. The molecule has 0 saturated heterocycles. The van der Waals surface area contributed by atoms with Gasteiger partial charge >= 0.3 is 6.03 Å². The number of carbonyl (C=O) groups excluding carboxylic acids is 2. The predicted octanol–water partition coefficient (Wildman–Crippen LogP) is 3.55. The molecule has 2 aromatic carbocycles. The third-order valence-corrected chi connectivity index (χ3v) is 3.12. The van der Waals surface area contributed by atoms with E-state index in [4.69, 9.17) is 0 Å². The minimum atomic E-state index is -0.304. The van der Waals surface area contributed by atoms with Gasteiger partial charge in [0.05, 0.1) is 0 Å². The molecule has 0 spiro atoms. The minimum absolute atomic E-state index is 0.172. The molecule has 0 unspecified atom stereocenters. The van der Waals surface area contributed by atoms with E-state index in [1.807, 2.05) is 19.1 Å². The van der Waals surface area contributed by atoms with Crippen LogP contribution in [0.15, 0.2) is 61.2 Å². The van der Waals surface area contributed by atoms with Gasteiger partial charge < -0.3 is 16.0 Å². The maximum Gasteiger partial charge on any atom is 0.319 e. The van der Waals surface area contributed by atoms with E-state index in [9.17, 15) is 9.59 Å². The van der Waals surface area contributed by atoms with Crippen LogP contribution in [0.4, 0.5) is 16.2 Å². The maximum absolute atomic E-state index is 12.1. The first-order valence-corrected chi connectivity index (χ1v) is 7.22. The average molecular weight is 309 g/mol. The zero-order valence-electron chi connectivity index (χ0n) is 12.9. The van der Waals surface area contributed by atoms with Crippen LogP contribution < -0.4 is 16.0 Å². The molecule has 0 aliphatic rings. The standard InChI is InChI=1S/C18H19N3O2/c1-3-12-19-18(23)21-16-10-8-15(9-11-16)20-17(22)14-6-4-13(2)5-7-14/h3-11H,1,12H2,2H3,(H,20,22)(H2,19,21,23). The summed E-state index contributed by atoms with van der Waals surface area (Å²) in [4.78, 5) is 23.6. The fraction of sp³-hybridized carbons (Fsp3) is 0.111. The number of hydrogen-bond acceptors (Lipinski definition) is 2. The smallest absolute Gasteiger partial charge is 0.319 e. The monoisotopic (exact) mass is 309 g/mol. The number of hydrogen-bond donors (Lipinski definition) is 3. The highest BCUT2D eigenvalue weighted by molar-refractivity contribution is 6.04. The van der Waals surface area contributed by atoms with Gasteiger partial charge in [0.25, 0.3) is 5.91 Å². The van der Waals surface area contributed by atoms with E-state index in [1.54, 1.807) is 42.5 Å². The van der Waals surface area contributed by atoms with Crippen molar-refractivity contribution in [2.45, 2.75) is 6.92 Å². The van der Waals surface area contributed by atoms with E-state index in [1.165, 1.54) is 0 Å². The third-order valence-electron chi connectivity index (χ3n) is 3.12. The van der Waals surface area contributed by atoms with Crippen LogP contribution >= 0.6 is 0 Å². The normalized spacial score (nSPS) is 9.78. The Bertz CT molecular complexity index is 691. The number of nitrogens with one attached hydrogen (secondary N) is 3. The fourth-order valence-electron chi connectivity index (χ4n) is 1.89. The molecule has 2 aromatic rings. The summed E-state index contributed by atoms with van der Waals surface area (Å²) < 4.78 is 0. The zero-order chi connectivity index (χ0) is 16.7. The van der Waals surface area contributed by atoms with Gasteiger partial charge in [0.2, 0.25) is 0 Å². The lowest BCUT2D eigenvalue weighted by atomic mass is 10.1. The molecular weight excluding hydrogens is 290 g/mol. The Kier molecular flexibility index (Phi) is 5.52. The van der Waals surface area contributed by atoms with Gasteiger partial charge in [-0.15, -0.1) is 6.58 Å². The van der Waals surface area contributed by atoms with E-state index in [2.05, 4.69) is 22.5 Å². The van der Waals surface area contributed by atoms with Gasteiger partial charge in [0.1, 0.15) is 0 Å². The number of urea groups is 1. The van der Waals surface area contributed by atoms with Gasteiger partial charge in [0, 0.05) is 23.5 Å². The van der Waals surface area contributed by atoms with Crippen LogP contribution in [0.3, 0.4) is 0 Å². The second kappa shape index (κ2) is 7.79.